The van der Waals surface area contributed by atoms with Crippen molar-refractivity contribution in [2.45, 2.75) is 37.9 Å². The summed E-state index contributed by atoms with van der Waals surface area (Å²) < 4.78 is 5.22. The smallest absolute Gasteiger partial charge is 0.316 e. The summed E-state index contributed by atoms with van der Waals surface area (Å²) in [6, 6.07) is 3.92. The van der Waals surface area contributed by atoms with Crippen LogP contribution in [0.4, 0.5) is 0 Å². The third-order valence-electron chi connectivity index (χ3n) is 1.94. The summed E-state index contributed by atoms with van der Waals surface area (Å²) in [4.78, 5) is 15.8. The molecule has 0 saturated heterocycles. The average molecular weight is 268 g/mol. The summed E-state index contributed by atoms with van der Waals surface area (Å²) in [7, 11) is 1.89. The molecule has 18 heavy (non-hydrogen) atoms. The van der Waals surface area contributed by atoms with Crippen molar-refractivity contribution in [3.8, 4) is 0 Å². The number of esters is 1. The number of ether oxygens (including phenoxy) is 1. The Morgan fingerprint density at radius 1 is 1.44 bits per heavy atom. The van der Waals surface area contributed by atoms with E-state index < -0.39 is 5.60 Å². The number of pyridine rings is 1. The lowest BCUT2D eigenvalue weighted by Crippen LogP contribution is -2.24. The lowest BCUT2D eigenvalue weighted by molar-refractivity contribution is -0.151. The van der Waals surface area contributed by atoms with Gasteiger partial charge >= 0.3 is 5.97 Å². The molecule has 0 radical (unpaired) electrons. The lowest BCUT2D eigenvalue weighted by atomic mass is 10.2. The Hall–Kier alpha value is -1.07. The van der Waals surface area contributed by atoms with Crippen molar-refractivity contribution in [2.24, 2.45) is 0 Å². The summed E-state index contributed by atoms with van der Waals surface area (Å²) >= 11 is 1.39. The van der Waals surface area contributed by atoms with Gasteiger partial charge in [0.1, 0.15) is 5.60 Å². The molecule has 1 N–H and O–H groups in total. The van der Waals surface area contributed by atoms with E-state index in [2.05, 4.69) is 10.3 Å². The Bertz CT molecular complexity index is 385. The molecule has 1 aromatic rings. The Kier molecular flexibility index (Phi) is 5.62. The maximum absolute atomic E-state index is 11.5. The van der Waals surface area contributed by atoms with Crippen molar-refractivity contribution in [3.63, 3.8) is 0 Å². The molecule has 0 unspecified atom stereocenters. The summed E-state index contributed by atoms with van der Waals surface area (Å²) in [5.74, 6) is 0.0731. The van der Waals surface area contributed by atoms with Gasteiger partial charge in [0, 0.05) is 12.7 Å². The van der Waals surface area contributed by atoms with Gasteiger partial charge in [-0.05, 0) is 39.4 Å². The molecule has 0 spiro atoms. The number of thioether (sulfide) groups is 1. The minimum Gasteiger partial charge on any atom is -0.459 e. The van der Waals surface area contributed by atoms with Gasteiger partial charge in [0.15, 0.2) is 0 Å². The summed E-state index contributed by atoms with van der Waals surface area (Å²) in [5.41, 5.74) is 0.695. The van der Waals surface area contributed by atoms with Gasteiger partial charge in [-0.2, -0.15) is 0 Å². The minimum absolute atomic E-state index is 0.214. The van der Waals surface area contributed by atoms with E-state index in [1.165, 1.54) is 11.8 Å². The first kappa shape index (κ1) is 15.0. The molecule has 100 valence electrons. The maximum Gasteiger partial charge on any atom is 0.316 e. The molecule has 1 rings (SSSR count). The van der Waals surface area contributed by atoms with Crippen LogP contribution in [0.1, 0.15) is 26.3 Å². The summed E-state index contributed by atoms with van der Waals surface area (Å²) in [5, 5.41) is 3.89. The largest absolute Gasteiger partial charge is 0.459 e. The molecule has 0 aromatic carbocycles. The van der Waals surface area contributed by atoms with Crippen LogP contribution in [0.2, 0.25) is 0 Å². The molecule has 0 aliphatic carbocycles. The number of nitrogens with one attached hydrogen (secondary N) is 1. The highest BCUT2D eigenvalue weighted by Gasteiger charge is 2.16. The van der Waals surface area contributed by atoms with Gasteiger partial charge in [-0.25, -0.2) is 4.98 Å². The molecule has 5 heteroatoms. The zero-order valence-corrected chi connectivity index (χ0v) is 12.1. The van der Waals surface area contributed by atoms with Crippen molar-refractivity contribution < 1.29 is 9.53 Å². The number of rotatable bonds is 5. The van der Waals surface area contributed by atoms with Crippen LogP contribution in [0.3, 0.4) is 0 Å². The molecule has 1 heterocycles. The molecule has 0 aliphatic rings. The van der Waals surface area contributed by atoms with Crippen molar-refractivity contribution in [1.29, 1.82) is 0 Å². The number of nitrogens with zero attached hydrogens (tertiary/aromatic N) is 1. The molecule has 0 atom stereocenters. The first-order valence-corrected chi connectivity index (χ1v) is 6.83. The average Bonchev–Trinajstić information content (AvgIpc) is 2.26. The second-order valence-electron chi connectivity index (χ2n) is 4.91. The van der Waals surface area contributed by atoms with Gasteiger partial charge in [-0.3, -0.25) is 4.79 Å². The molecular formula is C13H20N2O2S. The van der Waals surface area contributed by atoms with Gasteiger partial charge in [0.2, 0.25) is 0 Å². The number of hydrogen-bond donors (Lipinski definition) is 1. The van der Waals surface area contributed by atoms with Crippen LogP contribution in [-0.2, 0) is 16.1 Å². The predicted octanol–water partition coefficient (Wildman–Crippen LogP) is 2.23. The molecule has 0 aliphatic heterocycles. The third kappa shape index (κ3) is 6.02. The zero-order valence-electron chi connectivity index (χ0n) is 11.3. The Morgan fingerprint density at radius 2 is 2.17 bits per heavy atom. The molecule has 4 nitrogen and oxygen atoms in total. The van der Waals surface area contributed by atoms with E-state index in [1.807, 2.05) is 46.1 Å². The van der Waals surface area contributed by atoms with E-state index in [4.69, 9.17) is 4.74 Å². The van der Waals surface area contributed by atoms with E-state index >= 15 is 0 Å². The van der Waals surface area contributed by atoms with E-state index in [9.17, 15) is 4.79 Å². The summed E-state index contributed by atoms with van der Waals surface area (Å²) in [6.07, 6.45) is 1.81. The van der Waals surface area contributed by atoms with Crippen LogP contribution >= 0.6 is 11.8 Å². The fraction of sp³-hybridized carbons (Fsp3) is 0.538. The highest BCUT2D eigenvalue weighted by atomic mass is 32.2. The van der Waals surface area contributed by atoms with Gasteiger partial charge in [-0.1, -0.05) is 17.8 Å². The van der Waals surface area contributed by atoms with Crippen LogP contribution in [0.25, 0.3) is 0 Å². The number of hydrogen-bond acceptors (Lipinski definition) is 5. The first-order valence-electron chi connectivity index (χ1n) is 5.85. The Morgan fingerprint density at radius 3 is 2.67 bits per heavy atom. The van der Waals surface area contributed by atoms with E-state index in [-0.39, 0.29) is 11.7 Å². The molecule has 0 bridgehead atoms. The fourth-order valence-corrected chi connectivity index (χ4v) is 1.93. The molecular weight excluding hydrogens is 248 g/mol. The van der Waals surface area contributed by atoms with Crippen LogP contribution in [-0.4, -0.2) is 29.4 Å². The van der Waals surface area contributed by atoms with E-state index in [0.29, 0.717) is 0 Å². The van der Waals surface area contributed by atoms with Crippen molar-refractivity contribution >= 4 is 17.7 Å². The van der Waals surface area contributed by atoms with Gasteiger partial charge in [0.25, 0.3) is 0 Å². The lowest BCUT2D eigenvalue weighted by Gasteiger charge is -2.19. The van der Waals surface area contributed by atoms with Crippen molar-refractivity contribution in [3.05, 3.63) is 23.9 Å². The molecule has 1 aromatic heterocycles. The molecule has 0 saturated carbocycles. The number of aromatic nitrogens is 1. The maximum atomic E-state index is 11.5. The Labute approximate surface area is 113 Å². The number of carbonyl (C=O) groups excluding carboxylic acids is 1. The highest BCUT2D eigenvalue weighted by molar-refractivity contribution is 7.99. The van der Waals surface area contributed by atoms with Gasteiger partial charge < -0.3 is 10.1 Å². The molecule has 0 amide bonds. The molecule has 0 fully saturated rings. The first-order chi connectivity index (χ1) is 8.40. The Balaban J connectivity index is 2.41. The van der Waals surface area contributed by atoms with Crippen LogP contribution in [0.15, 0.2) is 23.4 Å². The second kappa shape index (κ2) is 6.75. The fourth-order valence-electron chi connectivity index (χ4n) is 1.31. The standard InChI is InChI=1S/C13H20N2O2S/c1-13(2,3)17-12(16)9-18-11-6-5-10(7-14-4)8-15-11/h5-6,8,14H,7,9H2,1-4H3. The van der Waals surface area contributed by atoms with Gasteiger partial charge in [-0.15, -0.1) is 0 Å². The monoisotopic (exact) mass is 268 g/mol. The van der Waals surface area contributed by atoms with Gasteiger partial charge in [0.05, 0.1) is 10.8 Å². The summed E-state index contributed by atoms with van der Waals surface area (Å²) in [6.45, 7) is 6.38. The zero-order chi connectivity index (χ0) is 13.6. The topological polar surface area (TPSA) is 51.2 Å². The van der Waals surface area contributed by atoms with Crippen LogP contribution in [0.5, 0.6) is 0 Å². The quantitative estimate of drug-likeness (QED) is 0.655. The van der Waals surface area contributed by atoms with Crippen LogP contribution < -0.4 is 5.32 Å². The SMILES string of the molecule is CNCc1ccc(SCC(=O)OC(C)(C)C)nc1. The van der Waals surface area contributed by atoms with E-state index in [0.717, 1.165) is 17.1 Å². The number of carbonyl (C=O) groups is 1. The minimum atomic E-state index is -0.429. The van der Waals surface area contributed by atoms with Crippen molar-refractivity contribution in [1.82, 2.24) is 10.3 Å². The highest BCUT2D eigenvalue weighted by Crippen LogP contribution is 2.17. The third-order valence-corrected chi connectivity index (χ3v) is 2.85. The van der Waals surface area contributed by atoms with Crippen LogP contribution in [0, 0.1) is 0 Å². The predicted molar refractivity (Wildman–Crippen MR) is 73.6 cm³/mol. The second-order valence-corrected chi connectivity index (χ2v) is 5.91. The normalized spacial score (nSPS) is 11.3. The van der Waals surface area contributed by atoms with Crippen molar-refractivity contribution in [2.75, 3.05) is 12.8 Å². The van der Waals surface area contributed by atoms with E-state index in [1.54, 1.807) is 0 Å².